The summed E-state index contributed by atoms with van der Waals surface area (Å²) >= 11 is 0. The molecule has 0 bridgehead atoms. The lowest BCUT2D eigenvalue weighted by Gasteiger charge is -2.05. The van der Waals surface area contributed by atoms with E-state index < -0.39 is 15.5 Å². The molecule has 0 radical (unpaired) electrons. The molecule has 0 aliphatic carbocycles. The molecule has 0 spiro atoms. The first-order chi connectivity index (χ1) is 13.3. The van der Waals surface area contributed by atoms with Crippen LogP contribution in [0.4, 0.5) is 4.39 Å². The van der Waals surface area contributed by atoms with Crippen molar-refractivity contribution in [3.05, 3.63) is 71.3 Å². The van der Waals surface area contributed by atoms with Gasteiger partial charge in [0.25, 0.3) is 0 Å². The summed E-state index contributed by atoms with van der Waals surface area (Å²) in [5.74, 6) is 0.353. The Labute approximate surface area is 160 Å². The van der Waals surface area contributed by atoms with Gasteiger partial charge in [0.15, 0.2) is 9.84 Å². The molecule has 3 aromatic rings. The molecule has 3 rings (SSSR count). The Bertz CT molecular complexity index is 1160. The van der Waals surface area contributed by atoms with Crippen LogP contribution in [0.3, 0.4) is 0 Å². The van der Waals surface area contributed by atoms with E-state index in [1.165, 1.54) is 23.0 Å². The fraction of sp³-hybridized carbons (Fsp3) is 0.167. The minimum absolute atomic E-state index is 0.0130. The molecule has 2 heterocycles. The van der Waals surface area contributed by atoms with Crippen molar-refractivity contribution in [1.29, 1.82) is 0 Å². The van der Waals surface area contributed by atoms with Crippen LogP contribution in [0.15, 0.2) is 70.5 Å². The smallest absolute Gasteiger partial charge is 0.327 e. The molecule has 0 amide bonds. The highest BCUT2D eigenvalue weighted by Crippen LogP contribution is 2.21. The Morgan fingerprint density at radius 2 is 1.86 bits per heavy atom. The monoisotopic (exact) mass is 403 g/mol. The third-order valence-corrected chi connectivity index (χ3v) is 5.24. The van der Waals surface area contributed by atoms with Gasteiger partial charge >= 0.3 is 5.69 Å². The normalized spacial score (nSPS) is 12.3. The number of nitrogens with zero attached hydrogens (tertiary/aromatic N) is 4. The molecule has 2 aromatic heterocycles. The number of rotatable bonds is 6. The van der Waals surface area contributed by atoms with E-state index in [-0.39, 0.29) is 23.6 Å². The van der Waals surface area contributed by atoms with Gasteiger partial charge in [-0.05, 0) is 35.4 Å². The zero-order chi connectivity index (χ0) is 20.3. The summed E-state index contributed by atoms with van der Waals surface area (Å²) in [5.41, 5.74) is 6.72. The molecule has 10 heteroatoms. The number of nitrogens with two attached hydrogens (primary N) is 1. The van der Waals surface area contributed by atoms with Crippen molar-refractivity contribution in [2.45, 2.75) is 11.4 Å². The van der Waals surface area contributed by atoms with Gasteiger partial charge in [0.2, 0.25) is 0 Å². The van der Waals surface area contributed by atoms with Crippen LogP contribution in [0, 0.1) is 0 Å². The average Bonchev–Trinajstić information content (AvgIpc) is 3.06. The Hall–Kier alpha value is -3.11. The molecule has 0 aliphatic heterocycles. The third-order valence-electron chi connectivity index (χ3n) is 4.11. The van der Waals surface area contributed by atoms with Crippen LogP contribution in [0.1, 0.15) is 0 Å². The van der Waals surface area contributed by atoms with E-state index in [2.05, 4.69) is 10.1 Å². The van der Waals surface area contributed by atoms with Crippen molar-refractivity contribution >= 4 is 9.84 Å². The van der Waals surface area contributed by atoms with Crippen molar-refractivity contribution in [2.75, 3.05) is 12.8 Å². The van der Waals surface area contributed by atoms with Crippen molar-refractivity contribution in [3.63, 3.8) is 0 Å². The van der Waals surface area contributed by atoms with Gasteiger partial charge in [0, 0.05) is 24.6 Å². The molecule has 146 valence electrons. The highest BCUT2D eigenvalue weighted by atomic mass is 32.2. The maximum absolute atomic E-state index is 12.7. The second kappa shape index (κ2) is 7.87. The second-order valence-electron chi connectivity index (χ2n) is 6.11. The molecule has 0 unspecified atom stereocenters. The van der Waals surface area contributed by atoms with Gasteiger partial charge in [-0.2, -0.15) is 5.10 Å². The minimum atomic E-state index is -3.26. The number of pyridine rings is 1. The largest absolute Gasteiger partial charge is 0.351 e. The molecule has 0 saturated carbocycles. The average molecular weight is 403 g/mol. The van der Waals surface area contributed by atoms with Crippen molar-refractivity contribution in [3.8, 4) is 16.9 Å². The predicted octanol–water partition coefficient (Wildman–Crippen LogP) is 1.31. The molecule has 28 heavy (non-hydrogen) atoms. The standard InChI is InChI=1S/C18H18FN5O3S/c1-28(26,27)16-5-2-14(3-6-16)15-4-7-17(21-10-15)23-12-22-24(18(23)25)11-13(8-19)9-20/h2-8,10,12H,9,11,20H2,1H3/b13-8-. The van der Waals surface area contributed by atoms with Gasteiger partial charge in [0.05, 0.1) is 17.8 Å². The molecule has 2 N–H and O–H groups in total. The molecule has 8 nitrogen and oxygen atoms in total. The molecule has 0 atom stereocenters. The molecular formula is C18H18FN5O3S. The van der Waals surface area contributed by atoms with Gasteiger partial charge in [-0.3, -0.25) is 0 Å². The minimum Gasteiger partial charge on any atom is -0.327 e. The Morgan fingerprint density at radius 1 is 1.18 bits per heavy atom. The van der Waals surface area contributed by atoms with Gasteiger partial charge in [-0.1, -0.05) is 12.1 Å². The van der Waals surface area contributed by atoms with Crippen LogP contribution in [0.25, 0.3) is 16.9 Å². The summed E-state index contributed by atoms with van der Waals surface area (Å²) < 4.78 is 38.1. The van der Waals surface area contributed by atoms with E-state index in [1.807, 2.05) is 0 Å². The SMILES string of the molecule is CS(=O)(=O)c1ccc(-c2ccc(-n3cnn(C/C(=C\F)CN)c3=O)nc2)cc1. The Kier molecular flexibility index (Phi) is 5.52. The van der Waals surface area contributed by atoms with E-state index in [9.17, 15) is 17.6 Å². The van der Waals surface area contributed by atoms with E-state index in [0.29, 0.717) is 12.1 Å². The zero-order valence-electron chi connectivity index (χ0n) is 15.0. The Morgan fingerprint density at radius 3 is 2.39 bits per heavy atom. The topological polar surface area (TPSA) is 113 Å². The van der Waals surface area contributed by atoms with E-state index in [1.54, 1.807) is 30.5 Å². The highest BCUT2D eigenvalue weighted by molar-refractivity contribution is 7.90. The van der Waals surface area contributed by atoms with E-state index >= 15 is 0 Å². The number of aromatic nitrogens is 4. The lowest BCUT2D eigenvalue weighted by Crippen LogP contribution is -2.26. The predicted molar refractivity (Wildman–Crippen MR) is 102 cm³/mol. The number of hydrogen-bond donors (Lipinski definition) is 1. The fourth-order valence-electron chi connectivity index (χ4n) is 2.53. The number of benzene rings is 1. The molecule has 0 fully saturated rings. The van der Waals surface area contributed by atoms with Gasteiger partial charge in [0.1, 0.15) is 12.1 Å². The Balaban J connectivity index is 1.85. The van der Waals surface area contributed by atoms with E-state index in [0.717, 1.165) is 22.1 Å². The molecular weight excluding hydrogens is 385 g/mol. The van der Waals surface area contributed by atoms with Gasteiger partial charge < -0.3 is 5.73 Å². The van der Waals surface area contributed by atoms with Crippen molar-refractivity contribution < 1.29 is 12.8 Å². The lowest BCUT2D eigenvalue weighted by atomic mass is 10.1. The van der Waals surface area contributed by atoms with Crippen LogP contribution in [-0.2, 0) is 16.4 Å². The maximum Gasteiger partial charge on any atom is 0.351 e. The summed E-state index contributed by atoms with van der Waals surface area (Å²) in [6.45, 7) is -0.0511. The number of hydrogen-bond acceptors (Lipinski definition) is 6. The van der Waals surface area contributed by atoms with Gasteiger partial charge in [-0.25, -0.2) is 31.8 Å². The number of sulfone groups is 1. The van der Waals surface area contributed by atoms with E-state index in [4.69, 9.17) is 5.73 Å². The van der Waals surface area contributed by atoms with Crippen molar-refractivity contribution in [2.24, 2.45) is 5.73 Å². The molecule has 0 saturated heterocycles. The quantitative estimate of drug-likeness (QED) is 0.664. The first-order valence-corrected chi connectivity index (χ1v) is 10.1. The zero-order valence-corrected chi connectivity index (χ0v) is 15.8. The van der Waals surface area contributed by atoms with Crippen LogP contribution < -0.4 is 11.4 Å². The molecule has 1 aromatic carbocycles. The number of halogens is 1. The highest BCUT2D eigenvalue weighted by Gasteiger charge is 2.11. The summed E-state index contributed by atoms with van der Waals surface area (Å²) in [6, 6.07) is 9.83. The summed E-state index contributed by atoms with van der Waals surface area (Å²) in [6.07, 6.45) is 4.39. The maximum atomic E-state index is 12.7. The summed E-state index contributed by atoms with van der Waals surface area (Å²) in [5, 5.41) is 3.95. The van der Waals surface area contributed by atoms with Gasteiger partial charge in [-0.15, -0.1) is 0 Å². The van der Waals surface area contributed by atoms with Crippen LogP contribution in [0.5, 0.6) is 0 Å². The van der Waals surface area contributed by atoms with Crippen LogP contribution in [-0.4, -0.2) is 40.5 Å². The van der Waals surface area contributed by atoms with Crippen molar-refractivity contribution in [1.82, 2.24) is 19.3 Å². The van der Waals surface area contributed by atoms with Crippen LogP contribution >= 0.6 is 0 Å². The summed E-state index contributed by atoms with van der Waals surface area (Å²) in [7, 11) is -3.26. The first kappa shape index (κ1) is 19.6. The first-order valence-electron chi connectivity index (χ1n) is 8.23. The fourth-order valence-corrected chi connectivity index (χ4v) is 3.16. The third kappa shape index (κ3) is 4.07. The van der Waals surface area contributed by atoms with Crippen LogP contribution in [0.2, 0.25) is 0 Å². The second-order valence-corrected chi connectivity index (χ2v) is 8.13. The molecule has 0 aliphatic rings. The summed E-state index contributed by atoms with van der Waals surface area (Å²) in [4.78, 5) is 16.9. The lowest BCUT2D eigenvalue weighted by molar-refractivity contribution is 0.602.